The molecule has 3 atom stereocenters. The lowest BCUT2D eigenvalue weighted by Crippen LogP contribution is -2.52. The molecule has 2 saturated heterocycles. The zero-order valence-electron chi connectivity index (χ0n) is 19.2. The molecule has 0 spiro atoms. The highest BCUT2D eigenvalue weighted by Crippen LogP contribution is 2.32. The summed E-state index contributed by atoms with van der Waals surface area (Å²) in [6.07, 6.45) is 3.33. The lowest BCUT2D eigenvalue weighted by atomic mass is 9.94. The molecule has 1 unspecified atom stereocenters. The number of nitrogens with zero attached hydrogens (tertiary/aromatic N) is 2. The molecule has 2 aromatic carbocycles. The second-order valence-electron chi connectivity index (χ2n) is 8.92. The number of imide groups is 1. The van der Waals surface area contributed by atoms with Crippen LogP contribution in [0.15, 0.2) is 53.0 Å². The van der Waals surface area contributed by atoms with Crippen LogP contribution in [0.3, 0.4) is 0 Å². The van der Waals surface area contributed by atoms with Gasteiger partial charge in [0.25, 0.3) is 5.91 Å². The molecule has 0 N–H and O–H groups in total. The third-order valence-electron chi connectivity index (χ3n) is 6.61. The number of hydrogen-bond acceptors (Lipinski definition) is 6. The Morgan fingerprint density at radius 2 is 1.53 bits per heavy atom. The Bertz CT molecular complexity index is 1090. The van der Waals surface area contributed by atoms with Crippen molar-refractivity contribution < 1.29 is 23.9 Å². The van der Waals surface area contributed by atoms with Crippen molar-refractivity contribution in [1.82, 2.24) is 4.90 Å². The van der Waals surface area contributed by atoms with Gasteiger partial charge in [-0.15, -0.1) is 0 Å². The van der Waals surface area contributed by atoms with Crippen LogP contribution >= 0.6 is 15.9 Å². The topological polar surface area (TPSA) is 84.0 Å². The van der Waals surface area contributed by atoms with Crippen LogP contribution in [0, 0.1) is 0 Å². The maximum atomic E-state index is 13.2. The molecule has 2 amide bonds. The summed E-state index contributed by atoms with van der Waals surface area (Å²) in [5.74, 6) is -1.42. The second-order valence-corrected chi connectivity index (χ2v) is 9.83. The summed E-state index contributed by atoms with van der Waals surface area (Å²) in [6, 6.07) is 13.0. The van der Waals surface area contributed by atoms with Gasteiger partial charge < -0.3 is 4.74 Å². The van der Waals surface area contributed by atoms with Crippen LogP contribution < -0.4 is 4.90 Å². The van der Waals surface area contributed by atoms with Crippen LogP contribution in [0.25, 0.3) is 0 Å². The molecule has 34 heavy (non-hydrogen) atoms. The van der Waals surface area contributed by atoms with Crippen molar-refractivity contribution in [1.29, 1.82) is 0 Å². The normalized spacial score (nSPS) is 23.3. The number of esters is 1. The number of Topliss-reactive ketones (excluding diaryl/α,β-unsaturated/α-hetero) is 1. The van der Waals surface area contributed by atoms with Gasteiger partial charge in [0.1, 0.15) is 0 Å². The fourth-order valence-electron chi connectivity index (χ4n) is 4.86. The van der Waals surface area contributed by atoms with Gasteiger partial charge >= 0.3 is 5.97 Å². The van der Waals surface area contributed by atoms with E-state index in [2.05, 4.69) is 34.7 Å². The summed E-state index contributed by atoms with van der Waals surface area (Å²) in [7, 11) is 0. The van der Waals surface area contributed by atoms with Gasteiger partial charge in [-0.2, -0.15) is 0 Å². The van der Waals surface area contributed by atoms with Crippen LogP contribution in [0.2, 0.25) is 0 Å². The number of piperidine rings is 1. The van der Waals surface area contributed by atoms with Crippen molar-refractivity contribution in [2.45, 2.75) is 57.7 Å². The number of carbonyl (C=O) groups excluding carboxylic acids is 4. The number of ketones is 1. The van der Waals surface area contributed by atoms with Crippen molar-refractivity contribution in [3.05, 3.63) is 64.1 Å². The van der Waals surface area contributed by atoms with E-state index < -0.39 is 12.0 Å². The van der Waals surface area contributed by atoms with Crippen LogP contribution in [0.5, 0.6) is 0 Å². The van der Waals surface area contributed by atoms with E-state index in [1.54, 1.807) is 36.4 Å². The fraction of sp³-hybridized carbons (Fsp3) is 0.385. The number of likely N-dealkylation sites (tertiary alicyclic amines) is 1. The second kappa shape index (κ2) is 10.2. The maximum absolute atomic E-state index is 13.2. The van der Waals surface area contributed by atoms with E-state index in [4.69, 9.17) is 4.74 Å². The first-order valence-electron chi connectivity index (χ1n) is 11.5. The van der Waals surface area contributed by atoms with Crippen LogP contribution in [-0.4, -0.2) is 53.2 Å². The Balaban J connectivity index is 1.40. The molecule has 0 bridgehead atoms. The average Bonchev–Trinajstić information content (AvgIpc) is 3.11. The third-order valence-corrected chi connectivity index (χ3v) is 7.13. The van der Waals surface area contributed by atoms with E-state index in [0.29, 0.717) is 11.3 Å². The van der Waals surface area contributed by atoms with E-state index in [9.17, 15) is 19.2 Å². The number of halogens is 1. The fourth-order valence-corrected chi connectivity index (χ4v) is 5.12. The Hall–Kier alpha value is -2.84. The molecule has 2 aromatic rings. The molecular formula is C26H27BrN2O5. The predicted octanol–water partition coefficient (Wildman–Crippen LogP) is 4.38. The number of anilines is 1. The quantitative estimate of drug-likeness (QED) is 0.315. The van der Waals surface area contributed by atoms with Gasteiger partial charge in [0, 0.05) is 22.1 Å². The number of hydrogen-bond donors (Lipinski definition) is 0. The Morgan fingerprint density at radius 1 is 0.941 bits per heavy atom. The molecule has 0 radical (unpaired) electrons. The van der Waals surface area contributed by atoms with Crippen LogP contribution in [0.1, 0.15) is 60.2 Å². The lowest BCUT2D eigenvalue weighted by molar-refractivity contribution is -0.124. The lowest BCUT2D eigenvalue weighted by Gasteiger charge is -2.41. The molecule has 4 rings (SSSR count). The van der Waals surface area contributed by atoms with Gasteiger partial charge in [-0.25, -0.2) is 9.69 Å². The SMILES string of the molecule is C[C@@H]1CCC[C@H](C)N1C1CC(=O)N(c2ccc(C(=O)OCC(=O)c3ccc(Br)cc3)cc2)C1=O. The monoisotopic (exact) mass is 526 g/mol. The number of benzene rings is 2. The summed E-state index contributed by atoms with van der Waals surface area (Å²) < 4.78 is 6.00. The van der Waals surface area contributed by atoms with Crippen molar-refractivity contribution in [2.75, 3.05) is 11.5 Å². The number of carbonyl (C=O) groups is 4. The first kappa shape index (κ1) is 24.3. The van der Waals surface area contributed by atoms with Gasteiger partial charge in [0.2, 0.25) is 5.91 Å². The number of rotatable bonds is 6. The molecule has 0 aliphatic carbocycles. The highest BCUT2D eigenvalue weighted by molar-refractivity contribution is 9.10. The summed E-state index contributed by atoms with van der Waals surface area (Å²) in [6.45, 7) is 3.84. The molecule has 0 aromatic heterocycles. The summed E-state index contributed by atoms with van der Waals surface area (Å²) in [5, 5.41) is 0. The van der Waals surface area contributed by atoms with Gasteiger partial charge in [0.05, 0.1) is 23.7 Å². The highest BCUT2D eigenvalue weighted by Gasteiger charge is 2.46. The van der Waals surface area contributed by atoms with Crippen LogP contribution in [0.4, 0.5) is 5.69 Å². The molecule has 178 valence electrons. The van der Waals surface area contributed by atoms with E-state index in [1.807, 2.05) is 0 Å². The van der Waals surface area contributed by atoms with Crippen LogP contribution in [-0.2, 0) is 14.3 Å². The molecule has 7 nitrogen and oxygen atoms in total. The van der Waals surface area contributed by atoms with E-state index >= 15 is 0 Å². The smallest absolute Gasteiger partial charge is 0.338 e. The third kappa shape index (κ3) is 4.98. The van der Waals surface area contributed by atoms with Crippen molar-refractivity contribution in [3.63, 3.8) is 0 Å². The Kier molecular flexibility index (Phi) is 7.28. The van der Waals surface area contributed by atoms with E-state index in [1.165, 1.54) is 17.0 Å². The van der Waals surface area contributed by atoms with Gasteiger partial charge in [-0.3, -0.25) is 19.3 Å². The Labute approximate surface area is 207 Å². The van der Waals surface area contributed by atoms with Gasteiger partial charge in [-0.05, 0) is 63.1 Å². The molecular weight excluding hydrogens is 500 g/mol. The molecule has 2 aliphatic rings. The molecule has 0 saturated carbocycles. The number of ether oxygens (including phenoxy) is 1. The molecule has 2 aliphatic heterocycles. The highest BCUT2D eigenvalue weighted by atomic mass is 79.9. The Morgan fingerprint density at radius 3 is 2.15 bits per heavy atom. The molecule has 2 fully saturated rings. The average molecular weight is 527 g/mol. The molecule has 2 heterocycles. The van der Waals surface area contributed by atoms with Crippen molar-refractivity contribution in [3.8, 4) is 0 Å². The first-order valence-corrected chi connectivity index (χ1v) is 12.3. The summed E-state index contributed by atoms with van der Waals surface area (Å²) in [5.41, 5.74) is 1.11. The van der Waals surface area contributed by atoms with Gasteiger partial charge in [0.15, 0.2) is 12.4 Å². The first-order chi connectivity index (χ1) is 16.3. The van der Waals surface area contributed by atoms with Gasteiger partial charge in [-0.1, -0.05) is 34.5 Å². The predicted molar refractivity (Wildman–Crippen MR) is 131 cm³/mol. The van der Waals surface area contributed by atoms with Crippen molar-refractivity contribution >= 4 is 45.2 Å². The minimum absolute atomic E-state index is 0.162. The summed E-state index contributed by atoms with van der Waals surface area (Å²) >= 11 is 3.31. The summed E-state index contributed by atoms with van der Waals surface area (Å²) in [4.78, 5) is 53.9. The minimum atomic E-state index is -0.648. The maximum Gasteiger partial charge on any atom is 0.338 e. The standard InChI is InChI=1S/C26H27BrN2O5/c1-16-4-3-5-17(2)28(16)22-14-24(31)29(25(22)32)21-12-8-19(9-13-21)26(33)34-15-23(30)18-6-10-20(27)11-7-18/h6-13,16-17,22H,3-5,14-15H2,1-2H3/t16-,17+,22?. The number of amides is 2. The zero-order chi connectivity index (χ0) is 24.4. The van der Waals surface area contributed by atoms with Crippen molar-refractivity contribution in [2.24, 2.45) is 0 Å². The largest absolute Gasteiger partial charge is 0.454 e. The van der Waals surface area contributed by atoms with E-state index in [-0.39, 0.29) is 48.3 Å². The zero-order valence-corrected chi connectivity index (χ0v) is 20.8. The van der Waals surface area contributed by atoms with E-state index in [0.717, 1.165) is 23.7 Å². The molecule has 8 heteroatoms. The minimum Gasteiger partial charge on any atom is -0.454 e.